The van der Waals surface area contributed by atoms with Crippen molar-refractivity contribution >= 4 is 32.6 Å². The van der Waals surface area contributed by atoms with Crippen LogP contribution in [0.15, 0.2) is 85.1 Å². The first-order chi connectivity index (χ1) is 20.1. The van der Waals surface area contributed by atoms with E-state index < -0.39 is 11.7 Å². The monoisotopic (exact) mass is 578 g/mol. The summed E-state index contributed by atoms with van der Waals surface area (Å²) in [4.78, 5) is 4.36. The predicted molar refractivity (Wildman–Crippen MR) is 173 cm³/mol. The van der Waals surface area contributed by atoms with Crippen LogP contribution in [0.3, 0.4) is 0 Å². The number of aryl methyl sites for hydroxylation is 1. The number of rotatable bonds is 3. The Morgan fingerprint density at radius 1 is 0.674 bits per heavy atom. The highest BCUT2D eigenvalue weighted by Gasteiger charge is 2.35. The molecule has 0 aliphatic rings. The van der Waals surface area contributed by atoms with Crippen LogP contribution in [0.2, 0.25) is 0 Å². The lowest BCUT2D eigenvalue weighted by Crippen LogP contribution is -2.12. The first kappa shape index (κ1) is 29.0. The molecule has 4 aromatic carbocycles. The highest BCUT2D eigenvalue weighted by Crippen LogP contribution is 2.41. The third-order valence-corrected chi connectivity index (χ3v) is 8.29. The molecule has 6 aromatic rings. The summed E-state index contributed by atoms with van der Waals surface area (Å²) in [6.45, 7) is 13.1. The fourth-order valence-corrected chi connectivity index (χ4v) is 6.30. The molecule has 0 N–H and O–H groups in total. The van der Waals surface area contributed by atoms with Crippen molar-refractivity contribution in [2.45, 2.75) is 59.6 Å². The minimum atomic E-state index is -4.55. The second-order valence-corrected chi connectivity index (χ2v) is 14.0. The Kier molecular flexibility index (Phi) is 6.72. The smallest absolute Gasteiger partial charge is 0.344 e. The fraction of sp³-hybridized carbons (Fsp3) is 0.289. The molecule has 0 saturated carbocycles. The molecule has 2 aromatic heterocycles. The van der Waals surface area contributed by atoms with Gasteiger partial charge in [0.15, 0.2) is 0 Å². The van der Waals surface area contributed by atoms with Crippen LogP contribution in [-0.4, -0.2) is 9.55 Å². The van der Waals surface area contributed by atoms with E-state index >= 15 is 0 Å². The van der Waals surface area contributed by atoms with Crippen molar-refractivity contribution in [3.8, 4) is 22.4 Å². The summed E-state index contributed by atoms with van der Waals surface area (Å²) < 4.78 is 45.3. The molecule has 0 unspecified atom stereocenters. The molecule has 43 heavy (non-hydrogen) atoms. The lowest BCUT2D eigenvalue weighted by Gasteiger charge is -2.23. The van der Waals surface area contributed by atoms with Gasteiger partial charge in [-0.3, -0.25) is 4.98 Å². The van der Waals surface area contributed by atoms with Gasteiger partial charge in [-0.25, -0.2) is 0 Å². The molecule has 5 heteroatoms. The normalized spacial score (nSPS) is 13.0. The molecule has 0 atom stereocenters. The van der Waals surface area contributed by atoms with Crippen molar-refractivity contribution in [1.82, 2.24) is 9.55 Å². The third kappa shape index (κ3) is 5.42. The SMILES string of the molecule is Cn1c2cc(CC(C)(C)C)ccc2c2ccc(-c3cc(-c4cc(C(C)(C)C)c5ccccc5c4)ncc3C(F)(F)F)cc21. The second kappa shape index (κ2) is 9.97. The van der Waals surface area contributed by atoms with E-state index in [0.717, 1.165) is 56.3 Å². The molecule has 0 radical (unpaired) electrons. The zero-order valence-electron chi connectivity index (χ0n) is 25.8. The van der Waals surface area contributed by atoms with Gasteiger partial charge < -0.3 is 4.57 Å². The summed E-state index contributed by atoms with van der Waals surface area (Å²) in [7, 11) is 1.99. The predicted octanol–water partition coefficient (Wildman–Crippen LogP) is 11.1. The number of nitrogens with zero attached hydrogens (tertiary/aromatic N) is 2. The van der Waals surface area contributed by atoms with E-state index in [4.69, 9.17) is 0 Å². The largest absolute Gasteiger partial charge is 0.418 e. The minimum absolute atomic E-state index is 0.128. The Labute approximate surface area is 251 Å². The summed E-state index contributed by atoms with van der Waals surface area (Å²) in [5, 5.41) is 4.29. The van der Waals surface area contributed by atoms with E-state index in [2.05, 4.69) is 81.4 Å². The molecule has 2 heterocycles. The number of aromatic nitrogens is 2. The van der Waals surface area contributed by atoms with Gasteiger partial charge in [-0.15, -0.1) is 0 Å². The number of halogens is 3. The van der Waals surface area contributed by atoms with Crippen LogP contribution >= 0.6 is 0 Å². The highest BCUT2D eigenvalue weighted by atomic mass is 19.4. The van der Waals surface area contributed by atoms with Gasteiger partial charge in [-0.2, -0.15) is 13.2 Å². The average Bonchev–Trinajstić information content (AvgIpc) is 3.20. The van der Waals surface area contributed by atoms with Gasteiger partial charge in [0, 0.05) is 40.6 Å². The van der Waals surface area contributed by atoms with Crippen molar-refractivity contribution in [3.63, 3.8) is 0 Å². The van der Waals surface area contributed by atoms with Crippen LogP contribution < -0.4 is 0 Å². The summed E-state index contributed by atoms with van der Waals surface area (Å²) in [5.74, 6) is 0. The lowest BCUT2D eigenvalue weighted by atomic mass is 9.82. The fourth-order valence-electron chi connectivity index (χ4n) is 6.30. The van der Waals surface area contributed by atoms with Crippen LogP contribution in [0.1, 0.15) is 58.2 Å². The van der Waals surface area contributed by atoms with Gasteiger partial charge in [0.1, 0.15) is 0 Å². The maximum absolute atomic E-state index is 14.4. The minimum Gasteiger partial charge on any atom is -0.344 e. The Hall–Kier alpha value is -4.12. The van der Waals surface area contributed by atoms with E-state index in [-0.39, 0.29) is 16.4 Å². The average molecular weight is 579 g/mol. The summed E-state index contributed by atoms with van der Waals surface area (Å²) in [5.41, 5.74) is 5.57. The number of pyridine rings is 1. The van der Waals surface area contributed by atoms with Crippen LogP contribution in [0.4, 0.5) is 13.2 Å². The number of alkyl halides is 3. The van der Waals surface area contributed by atoms with Crippen molar-refractivity contribution in [3.05, 3.63) is 102 Å². The standard InChI is InChI=1S/C38H37F3N2/c1-36(2,3)21-23-12-14-28-29-15-13-25(19-35(29)43(7)34(28)16-23)30-20-33(42-22-32(30)38(39,40)41)26-17-24-10-8-9-11-27(24)31(18-26)37(4,5)6/h8-20,22H,21H2,1-7H3. The topological polar surface area (TPSA) is 17.8 Å². The molecule has 0 bridgehead atoms. The molecule has 0 aliphatic heterocycles. The van der Waals surface area contributed by atoms with Crippen molar-refractivity contribution in [2.75, 3.05) is 0 Å². The molecular weight excluding hydrogens is 541 g/mol. The molecule has 0 spiro atoms. The first-order valence-corrected chi connectivity index (χ1v) is 14.7. The Morgan fingerprint density at radius 3 is 2.02 bits per heavy atom. The molecule has 0 fully saturated rings. The van der Waals surface area contributed by atoms with Gasteiger partial charge in [0.05, 0.1) is 11.3 Å². The van der Waals surface area contributed by atoms with Crippen LogP contribution in [0.25, 0.3) is 55.0 Å². The van der Waals surface area contributed by atoms with E-state index in [1.165, 1.54) is 5.56 Å². The number of fused-ring (bicyclic) bond motifs is 4. The number of hydrogen-bond acceptors (Lipinski definition) is 1. The molecule has 220 valence electrons. The second-order valence-electron chi connectivity index (χ2n) is 14.0. The quantitative estimate of drug-likeness (QED) is 0.204. The number of benzene rings is 4. The number of hydrogen-bond donors (Lipinski definition) is 0. The van der Waals surface area contributed by atoms with E-state index in [0.29, 0.717) is 11.3 Å². The highest BCUT2D eigenvalue weighted by molar-refractivity contribution is 6.09. The Morgan fingerprint density at radius 2 is 1.35 bits per heavy atom. The van der Waals surface area contributed by atoms with Gasteiger partial charge in [-0.1, -0.05) is 90.1 Å². The molecular formula is C38H37F3N2. The van der Waals surface area contributed by atoms with Gasteiger partial charge in [0.25, 0.3) is 0 Å². The molecule has 0 saturated heterocycles. The van der Waals surface area contributed by atoms with E-state index in [1.54, 1.807) is 12.1 Å². The first-order valence-electron chi connectivity index (χ1n) is 14.7. The maximum atomic E-state index is 14.4. The van der Waals surface area contributed by atoms with Gasteiger partial charge >= 0.3 is 6.18 Å². The lowest BCUT2D eigenvalue weighted by molar-refractivity contribution is -0.137. The van der Waals surface area contributed by atoms with Crippen molar-refractivity contribution in [1.29, 1.82) is 0 Å². The zero-order chi connectivity index (χ0) is 30.9. The van der Waals surface area contributed by atoms with Gasteiger partial charge in [0.2, 0.25) is 0 Å². The summed E-state index contributed by atoms with van der Waals surface area (Å²) in [6.07, 6.45) is -2.62. The Balaban J connectivity index is 1.54. The molecule has 0 aliphatic carbocycles. The van der Waals surface area contributed by atoms with Crippen molar-refractivity contribution < 1.29 is 13.2 Å². The molecule has 2 nitrogen and oxygen atoms in total. The Bertz CT molecular complexity index is 2010. The van der Waals surface area contributed by atoms with Crippen molar-refractivity contribution in [2.24, 2.45) is 12.5 Å². The van der Waals surface area contributed by atoms with Gasteiger partial charge in [-0.05, 0) is 80.6 Å². The van der Waals surface area contributed by atoms with E-state index in [1.807, 2.05) is 43.4 Å². The van der Waals surface area contributed by atoms with Crippen LogP contribution in [0, 0.1) is 5.41 Å². The third-order valence-electron chi connectivity index (χ3n) is 8.29. The molecule has 6 rings (SSSR count). The maximum Gasteiger partial charge on any atom is 0.418 e. The van der Waals surface area contributed by atoms with Crippen LogP contribution in [-0.2, 0) is 25.1 Å². The zero-order valence-corrected chi connectivity index (χ0v) is 25.8. The summed E-state index contributed by atoms with van der Waals surface area (Å²) >= 11 is 0. The summed E-state index contributed by atoms with van der Waals surface area (Å²) in [6, 6.07) is 26.0. The molecule has 0 amide bonds. The van der Waals surface area contributed by atoms with E-state index in [9.17, 15) is 13.2 Å². The van der Waals surface area contributed by atoms with Crippen LogP contribution in [0.5, 0.6) is 0 Å².